The summed E-state index contributed by atoms with van der Waals surface area (Å²) in [5.74, 6) is -1.15. The highest BCUT2D eigenvalue weighted by Crippen LogP contribution is 2.10. The van der Waals surface area contributed by atoms with E-state index in [4.69, 9.17) is 5.11 Å². The molecule has 1 aromatic heterocycles. The smallest absolute Gasteiger partial charge is 0.355 e. The molecular weight excluding hydrogens is 316 g/mol. The van der Waals surface area contributed by atoms with E-state index in [-0.39, 0.29) is 18.7 Å². The number of sulfone groups is 1. The summed E-state index contributed by atoms with van der Waals surface area (Å²) in [6.07, 6.45) is 1.02. The molecule has 1 heterocycles. The number of nitrogens with zero attached hydrogens (tertiary/aromatic N) is 1. The maximum absolute atomic E-state index is 11.3. The molecule has 0 aliphatic rings. The second-order valence-electron chi connectivity index (χ2n) is 3.73. The van der Waals surface area contributed by atoms with Crippen molar-refractivity contribution in [2.24, 2.45) is 0 Å². The number of carboxylic acid groups (broad SMARTS) is 1. The van der Waals surface area contributed by atoms with Crippen molar-refractivity contribution in [3.63, 3.8) is 0 Å². The fraction of sp³-hybridized carbons (Fsp3) is 0.500. The van der Waals surface area contributed by atoms with Crippen LogP contribution < -0.4 is 4.72 Å². The summed E-state index contributed by atoms with van der Waals surface area (Å²) in [5, 5.41) is 9.48. The van der Waals surface area contributed by atoms with Gasteiger partial charge in [0.05, 0.1) is 5.01 Å². The second kappa shape index (κ2) is 5.94. The molecule has 0 fully saturated rings. The Morgan fingerprint density at radius 2 is 2.05 bits per heavy atom. The fourth-order valence-corrected chi connectivity index (χ4v) is 4.93. The van der Waals surface area contributed by atoms with E-state index >= 15 is 0 Å². The maximum Gasteiger partial charge on any atom is 0.355 e. The van der Waals surface area contributed by atoms with Crippen LogP contribution in [0.3, 0.4) is 0 Å². The molecule has 0 bridgehead atoms. The maximum atomic E-state index is 11.3. The fourth-order valence-electron chi connectivity index (χ4n) is 1.16. The van der Waals surface area contributed by atoms with Crippen LogP contribution in [0, 0.1) is 0 Å². The van der Waals surface area contributed by atoms with E-state index in [1.165, 1.54) is 5.38 Å². The second-order valence-corrected chi connectivity index (χ2v) is 8.99. The molecule has 1 aromatic rings. The quantitative estimate of drug-likeness (QED) is 0.677. The molecule has 1 rings (SSSR count). The lowest BCUT2D eigenvalue weighted by Crippen LogP contribution is -2.31. The van der Waals surface area contributed by atoms with Crippen molar-refractivity contribution in [1.82, 2.24) is 9.71 Å². The van der Waals surface area contributed by atoms with Gasteiger partial charge in [0, 0.05) is 24.6 Å². The van der Waals surface area contributed by atoms with Crippen molar-refractivity contribution in [2.75, 3.05) is 17.9 Å². The summed E-state index contributed by atoms with van der Waals surface area (Å²) in [6.45, 7) is -0.0373. The van der Waals surface area contributed by atoms with Crippen LogP contribution in [0.1, 0.15) is 15.5 Å². The van der Waals surface area contributed by atoms with E-state index in [1.54, 1.807) is 0 Å². The van der Waals surface area contributed by atoms with Gasteiger partial charge >= 0.3 is 5.97 Å². The summed E-state index contributed by atoms with van der Waals surface area (Å²) in [5.41, 5.74) is -0.0982. The molecule has 0 saturated heterocycles. The van der Waals surface area contributed by atoms with Crippen LogP contribution in [0.15, 0.2) is 5.38 Å². The molecule has 108 valence electrons. The van der Waals surface area contributed by atoms with Gasteiger partial charge in [-0.05, 0) is 0 Å². The molecule has 0 unspecified atom stereocenters. The Morgan fingerprint density at radius 3 is 2.53 bits per heavy atom. The Labute approximate surface area is 114 Å². The number of rotatable bonds is 7. The average Bonchev–Trinajstić information content (AvgIpc) is 2.61. The number of carboxylic acids is 1. The molecule has 0 atom stereocenters. The predicted octanol–water partition coefficient (Wildman–Crippen LogP) is -0.695. The van der Waals surface area contributed by atoms with Crippen LogP contribution in [-0.4, -0.2) is 50.8 Å². The SMILES string of the molecule is CS(=O)(=O)CS(=O)(=O)NCCc1nc(C(=O)O)cs1. The minimum Gasteiger partial charge on any atom is -0.476 e. The molecule has 0 radical (unpaired) electrons. The predicted molar refractivity (Wildman–Crippen MR) is 69.4 cm³/mol. The van der Waals surface area contributed by atoms with Gasteiger partial charge < -0.3 is 5.11 Å². The van der Waals surface area contributed by atoms with Crippen molar-refractivity contribution in [2.45, 2.75) is 6.42 Å². The summed E-state index contributed by atoms with van der Waals surface area (Å²) in [4.78, 5) is 14.3. The molecule has 19 heavy (non-hydrogen) atoms. The number of aromatic carboxylic acids is 1. The van der Waals surface area contributed by atoms with E-state index in [0.717, 1.165) is 17.6 Å². The number of nitrogens with one attached hydrogen (secondary N) is 1. The Bertz CT molecular complexity index is 660. The van der Waals surface area contributed by atoms with Crippen molar-refractivity contribution in [3.05, 3.63) is 16.1 Å². The lowest BCUT2D eigenvalue weighted by molar-refractivity contribution is 0.0691. The average molecular weight is 328 g/mol. The molecule has 0 aliphatic carbocycles. The van der Waals surface area contributed by atoms with Crippen molar-refractivity contribution < 1.29 is 26.7 Å². The van der Waals surface area contributed by atoms with Gasteiger partial charge in [0.25, 0.3) is 0 Å². The summed E-state index contributed by atoms with van der Waals surface area (Å²) < 4.78 is 46.5. The summed E-state index contributed by atoms with van der Waals surface area (Å²) in [7, 11) is -7.52. The third-order valence-electron chi connectivity index (χ3n) is 1.80. The van der Waals surface area contributed by atoms with Crippen LogP contribution in [-0.2, 0) is 26.3 Å². The highest BCUT2D eigenvalue weighted by atomic mass is 32.3. The van der Waals surface area contributed by atoms with Crippen molar-refractivity contribution in [1.29, 1.82) is 0 Å². The molecule has 0 aromatic carbocycles. The molecule has 11 heteroatoms. The lowest BCUT2D eigenvalue weighted by atomic mass is 10.4. The largest absolute Gasteiger partial charge is 0.476 e. The zero-order valence-electron chi connectivity index (χ0n) is 9.86. The Kier molecular flexibility index (Phi) is 5.01. The van der Waals surface area contributed by atoms with E-state index in [9.17, 15) is 21.6 Å². The molecule has 8 nitrogen and oxygen atoms in total. The van der Waals surface area contributed by atoms with Gasteiger partial charge in [-0.3, -0.25) is 0 Å². The highest BCUT2D eigenvalue weighted by Gasteiger charge is 2.17. The third-order valence-corrected chi connectivity index (χ3v) is 6.31. The Morgan fingerprint density at radius 1 is 1.42 bits per heavy atom. The number of hydrogen-bond acceptors (Lipinski definition) is 7. The van der Waals surface area contributed by atoms with E-state index in [1.807, 2.05) is 0 Å². The molecule has 0 aliphatic heterocycles. The van der Waals surface area contributed by atoms with Gasteiger partial charge in [-0.25, -0.2) is 31.3 Å². The van der Waals surface area contributed by atoms with E-state index in [2.05, 4.69) is 9.71 Å². The van der Waals surface area contributed by atoms with Gasteiger partial charge in [0.15, 0.2) is 20.6 Å². The van der Waals surface area contributed by atoms with Gasteiger partial charge in [-0.2, -0.15) is 0 Å². The zero-order valence-corrected chi connectivity index (χ0v) is 12.3. The Balaban J connectivity index is 2.52. The minimum atomic E-state index is -3.90. The van der Waals surface area contributed by atoms with Gasteiger partial charge in [0.2, 0.25) is 10.0 Å². The molecule has 0 amide bonds. The molecule has 0 saturated carbocycles. The first-order chi connectivity index (χ1) is 8.59. The first-order valence-electron chi connectivity index (χ1n) is 4.92. The summed E-state index contributed by atoms with van der Waals surface area (Å²) >= 11 is 1.10. The van der Waals surface area contributed by atoms with Crippen LogP contribution in [0.25, 0.3) is 0 Å². The number of hydrogen-bond donors (Lipinski definition) is 2. The molecule has 0 spiro atoms. The van der Waals surface area contributed by atoms with Gasteiger partial charge in [0.1, 0.15) is 0 Å². The first kappa shape index (κ1) is 16.0. The third kappa shape index (κ3) is 6.09. The number of carbonyl (C=O) groups is 1. The van der Waals surface area contributed by atoms with Crippen LogP contribution in [0.4, 0.5) is 0 Å². The van der Waals surface area contributed by atoms with Gasteiger partial charge in [-0.15, -0.1) is 11.3 Å². The van der Waals surface area contributed by atoms with E-state index in [0.29, 0.717) is 5.01 Å². The zero-order chi connectivity index (χ0) is 14.7. The van der Waals surface area contributed by atoms with Crippen LogP contribution in [0.5, 0.6) is 0 Å². The van der Waals surface area contributed by atoms with Crippen molar-refractivity contribution in [3.8, 4) is 0 Å². The normalized spacial score (nSPS) is 12.5. The number of thiazole rings is 1. The summed E-state index contributed by atoms with van der Waals surface area (Å²) in [6, 6.07) is 0. The Hall–Kier alpha value is -1.04. The number of sulfonamides is 1. The van der Waals surface area contributed by atoms with Crippen LogP contribution >= 0.6 is 11.3 Å². The minimum absolute atomic E-state index is 0.0373. The van der Waals surface area contributed by atoms with Crippen LogP contribution in [0.2, 0.25) is 0 Å². The monoisotopic (exact) mass is 328 g/mol. The van der Waals surface area contributed by atoms with E-state index < -0.39 is 30.9 Å². The highest BCUT2D eigenvalue weighted by molar-refractivity contribution is 8.06. The molecular formula is C8H12N2O6S3. The lowest BCUT2D eigenvalue weighted by Gasteiger charge is -2.03. The first-order valence-corrected chi connectivity index (χ1v) is 9.51. The number of aromatic nitrogens is 1. The van der Waals surface area contributed by atoms with Crippen molar-refractivity contribution >= 4 is 37.2 Å². The molecule has 2 N–H and O–H groups in total. The van der Waals surface area contributed by atoms with Gasteiger partial charge in [-0.1, -0.05) is 0 Å². The standard InChI is InChI=1S/C8H12N2O6S3/c1-18(13,14)5-19(15,16)9-3-2-7-10-6(4-17-7)8(11)12/h4,9H,2-3,5H2,1H3,(H,11,12). The topological polar surface area (TPSA) is 130 Å².